The molecule has 140 valence electrons. The van der Waals surface area contributed by atoms with Gasteiger partial charge in [-0.25, -0.2) is 18.2 Å². The van der Waals surface area contributed by atoms with E-state index >= 15 is 0 Å². The van der Waals surface area contributed by atoms with Crippen LogP contribution < -0.4 is 10.0 Å². The summed E-state index contributed by atoms with van der Waals surface area (Å²) in [4.78, 5) is 15.7. The zero-order chi connectivity index (χ0) is 19.0. The van der Waals surface area contributed by atoms with Gasteiger partial charge in [0.2, 0.25) is 10.0 Å². The highest BCUT2D eigenvalue weighted by molar-refractivity contribution is 7.92. The number of ether oxygens (including phenoxy) is 1. The Morgan fingerprint density at radius 3 is 2.35 bits per heavy atom. The molecule has 7 nitrogen and oxygen atoms in total. The quantitative estimate of drug-likeness (QED) is 0.649. The lowest BCUT2D eigenvalue weighted by atomic mass is 10.2. The van der Waals surface area contributed by atoms with Crippen LogP contribution in [0, 0.1) is 0 Å². The molecular formula is C18H23N3O4S. The Morgan fingerprint density at radius 1 is 1.08 bits per heavy atom. The van der Waals surface area contributed by atoms with Gasteiger partial charge in [0.25, 0.3) is 0 Å². The molecule has 0 bridgehead atoms. The number of aromatic nitrogens is 1. The van der Waals surface area contributed by atoms with Crippen LogP contribution >= 0.6 is 0 Å². The van der Waals surface area contributed by atoms with Crippen LogP contribution in [0.2, 0.25) is 0 Å². The fourth-order valence-electron chi connectivity index (χ4n) is 2.14. The molecule has 0 amide bonds. The number of esters is 1. The summed E-state index contributed by atoms with van der Waals surface area (Å²) in [6.45, 7) is 4.03. The predicted molar refractivity (Wildman–Crippen MR) is 102 cm³/mol. The smallest absolute Gasteiger partial charge is 0.338 e. The largest absolute Gasteiger partial charge is 0.462 e. The summed E-state index contributed by atoms with van der Waals surface area (Å²) in [5.74, 6) is 0.00240. The molecule has 26 heavy (non-hydrogen) atoms. The highest BCUT2D eigenvalue weighted by Crippen LogP contribution is 2.18. The van der Waals surface area contributed by atoms with Crippen molar-refractivity contribution < 1.29 is 17.9 Å². The third kappa shape index (κ3) is 6.03. The minimum atomic E-state index is -3.36. The van der Waals surface area contributed by atoms with E-state index in [9.17, 15) is 13.2 Å². The summed E-state index contributed by atoms with van der Waals surface area (Å²) in [7, 11) is -3.36. The third-order valence-electron chi connectivity index (χ3n) is 3.47. The Bertz CT molecular complexity index is 819. The molecule has 8 heteroatoms. The highest BCUT2D eigenvalue weighted by Gasteiger charge is 2.10. The van der Waals surface area contributed by atoms with Gasteiger partial charge in [-0.2, -0.15) is 0 Å². The molecule has 0 saturated carbocycles. The van der Waals surface area contributed by atoms with Crippen molar-refractivity contribution in [3.05, 3.63) is 48.2 Å². The number of nitrogens with zero attached hydrogens (tertiary/aromatic N) is 1. The lowest BCUT2D eigenvalue weighted by Crippen LogP contribution is -2.17. The maximum atomic E-state index is 11.9. The molecule has 0 fully saturated rings. The number of nitrogens with one attached hydrogen (secondary N) is 2. The van der Waals surface area contributed by atoms with E-state index in [1.807, 2.05) is 6.92 Å². The molecule has 0 aliphatic heterocycles. The second-order valence-electron chi connectivity index (χ2n) is 5.63. The van der Waals surface area contributed by atoms with Gasteiger partial charge >= 0.3 is 5.97 Å². The average Bonchev–Trinajstić information content (AvgIpc) is 2.62. The molecule has 0 aliphatic carbocycles. The van der Waals surface area contributed by atoms with Crippen molar-refractivity contribution in [2.45, 2.75) is 26.7 Å². The normalized spacial score (nSPS) is 11.0. The summed E-state index contributed by atoms with van der Waals surface area (Å²) in [6.07, 6.45) is 2.96. The minimum Gasteiger partial charge on any atom is -0.462 e. The van der Waals surface area contributed by atoms with Crippen LogP contribution in [0.25, 0.3) is 0 Å². The number of hydrogen-bond acceptors (Lipinski definition) is 6. The number of rotatable bonds is 9. The van der Waals surface area contributed by atoms with E-state index < -0.39 is 10.0 Å². The van der Waals surface area contributed by atoms with Crippen LogP contribution in [0.5, 0.6) is 0 Å². The Hall–Kier alpha value is -2.61. The summed E-state index contributed by atoms with van der Waals surface area (Å²) in [6, 6.07) is 10.2. The number of carbonyl (C=O) groups excluding carboxylic acids is 1. The zero-order valence-electron chi connectivity index (χ0n) is 14.9. The molecule has 0 atom stereocenters. The van der Waals surface area contributed by atoms with E-state index in [1.54, 1.807) is 43.3 Å². The molecule has 1 aromatic heterocycles. The van der Waals surface area contributed by atoms with E-state index in [-0.39, 0.29) is 17.5 Å². The molecule has 2 aromatic rings. The Labute approximate surface area is 153 Å². The van der Waals surface area contributed by atoms with Gasteiger partial charge in [-0.15, -0.1) is 0 Å². The number of pyridine rings is 1. The van der Waals surface area contributed by atoms with Gasteiger partial charge in [-0.05, 0) is 49.7 Å². The lowest BCUT2D eigenvalue weighted by molar-refractivity contribution is 0.0526. The summed E-state index contributed by atoms with van der Waals surface area (Å²) in [5, 5.41) is 3.13. The van der Waals surface area contributed by atoms with Crippen LogP contribution in [-0.4, -0.2) is 31.7 Å². The average molecular weight is 377 g/mol. The van der Waals surface area contributed by atoms with Crippen molar-refractivity contribution in [2.75, 3.05) is 22.4 Å². The Kier molecular flexibility index (Phi) is 6.97. The van der Waals surface area contributed by atoms with Gasteiger partial charge in [0.1, 0.15) is 5.82 Å². The first-order chi connectivity index (χ1) is 12.4. The van der Waals surface area contributed by atoms with Gasteiger partial charge in [0.15, 0.2) is 0 Å². The van der Waals surface area contributed by atoms with Crippen LogP contribution in [0.4, 0.5) is 17.2 Å². The fraction of sp³-hybridized carbons (Fsp3) is 0.333. The van der Waals surface area contributed by atoms with Gasteiger partial charge < -0.3 is 10.1 Å². The fourth-order valence-corrected chi connectivity index (χ4v) is 3.35. The number of unbranched alkanes of at least 4 members (excludes halogenated alkanes) is 1. The highest BCUT2D eigenvalue weighted by atomic mass is 32.2. The van der Waals surface area contributed by atoms with Crippen molar-refractivity contribution in [3.8, 4) is 0 Å². The van der Waals surface area contributed by atoms with Gasteiger partial charge in [0, 0.05) is 5.69 Å². The number of anilines is 3. The number of benzene rings is 1. The summed E-state index contributed by atoms with van der Waals surface area (Å²) >= 11 is 0. The predicted octanol–water partition coefficient (Wildman–Crippen LogP) is 3.54. The van der Waals surface area contributed by atoms with E-state index in [1.165, 1.54) is 6.20 Å². The molecule has 0 aliphatic rings. The first kappa shape index (κ1) is 19.7. The van der Waals surface area contributed by atoms with Crippen LogP contribution in [0.3, 0.4) is 0 Å². The molecule has 1 aromatic carbocycles. The lowest BCUT2D eigenvalue weighted by Gasteiger charge is -2.09. The van der Waals surface area contributed by atoms with Gasteiger partial charge in [0.05, 0.1) is 29.8 Å². The molecular weight excluding hydrogens is 354 g/mol. The van der Waals surface area contributed by atoms with Crippen molar-refractivity contribution in [2.24, 2.45) is 0 Å². The van der Waals surface area contributed by atoms with Crippen molar-refractivity contribution in [1.29, 1.82) is 0 Å². The molecule has 1 heterocycles. The number of carbonyl (C=O) groups is 1. The van der Waals surface area contributed by atoms with E-state index in [2.05, 4.69) is 15.0 Å². The molecule has 2 rings (SSSR count). The van der Waals surface area contributed by atoms with E-state index in [0.717, 1.165) is 12.1 Å². The second-order valence-corrected chi connectivity index (χ2v) is 7.47. The van der Waals surface area contributed by atoms with Gasteiger partial charge in [-0.1, -0.05) is 13.3 Å². The number of sulfonamides is 1. The monoisotopic (exact) mass is 377 g/mol. The first-order valence-electron chi connectivity index (χ1n) is 8.44. The van der Waals surface area contributed by atoms with Crippen molar-refractivity contribution in [1.82, 2.24) is 4.98 Å². The van der Waals surface area contributed by atoms with Crippen molar-refractivity contribution in [3.63, 3.8) is 0 Å². The van der Waals surface area contributed by atoms with Crippen molar-refractivity contribution >= 4 is 33.2 Å². The maximum Gasteiger partial charge on any atom is 0.338 e. The van der Waals surface area contributed by atoms with Crippen LogP contribution in [-0.2, 0) is 14.8 Å². The SMILES string of the molecule is CCCCS(=O)(=O)Nc1ccc(Nc2ccc(C(=O)OCC)cc2)cn1. The molecule has 0 unspecified atom stereocenters. The molecule has 0 spiro atoms. The Balaban J connectivity index is 1.97. The molecule has 0 radical (unpaired) electrons. The number of hydrogen-bond donors (Lipinski definition) is 2. The van der Waals surface area contributed by atoms with Gasteiger partial charge in [-0.3, -0.25) is 4.72 Å². The topological polar surface area (TPSA) is 97.4 Å². The maximum absolute atomic E-state index is 11.9. The summed E-state index contributed by atoms with van der Waals surface area (Å²) in [5.41, 5.74) is 1.95. The Morgan fingerprint density at radius 2 is 1.77 bits per heavy atom. The molecule has 2 N–H and O–H groups in total. The minimum absolute atomic E-state index is 0.0813. The summed E-state index contributed by atoms with van der Waals surface area (Å²) < 4.78 is 31.1. The van der Waals surface area contributed by atoms with Crippen LogP contribution in [0.1, 0.15) is 37.0 Å². The van der Waals surface area contributed by atoms with E-state index in [0.29, 0.717) is 24.3 Å². The standard InChI is InChI=1S/C18H23N3O4S/c1-3-5-12-26(23,24)21-17-11-10-16(13-19-17)20-15-8-6-14(7-9-15)18(22)25-4-2/h6-11,13,20H,3-5,12H2,1-2H3,(H,19,21). The van der Waals surface area contributed by atoms with E-state index in [4.69, 9.17) is 4.74 Å². The van der Waals surface area contributed by atoms with Crippen LogP contribution in [0.15, 0.2) is 42.6 Å². The second kappa shape index (κ2) is 9.19. The first-order valence-corrected chi connectivity index (χ1v) is 10.1. The zero-order valence-corrected chi connectivity index (χ0v) is 15.7. The third-order valence-corrected chi connectivity index (χ3v) is 4.82. The molecule has 0 saturated heterocycles.